The summed E-state index contributed by atoms with van der Waals surface area (Å²) in [6.45, 7) is 4.06. The molecule has 1 fully saturated rings. The first-order valence-corrected chi connectivity index (χ1v) is 11.8. The molecule has 0 heterocycles. The molecule has 2 atom stereocenters. The lowest BCUT2D eigenvalue weighted by atomic mass is 9.84. The highest BCUT2D eigenvalue weighted by molar-refractivity contribution is 7.79. The van der Waals surface area contributed by atoms with Gasteiger partial charge in [-0.2, -0.15) is 0 Å². The molecule has 3 rings (SSSR count). The molecule has 144 valence electrons. The van der Waals surface area contributed by atoms with Crippen LogP contribution in [-0.4, -0.2) is 16.9 Å². The van der Waals surface area contributed by atoms with Crippen molar-refractivity contribution < 1.29 is 9.67 Å². The molecule has 27 heavy (non-hydrogen) atoms. The smallest absolute Gasteiger partial charge is 0.152 e. The van der Waals surface area contributed by atoms with Crippen LogP contribution in [0.1, 0.15) is 46.0 Å². The Balaban J connectivity index is 2.14. The Labute approximate surface area is 163 Å². The van der Waals surface area contributed by atoms with E-state index in [1.807, 2.05) is 74.5 Å². The van der Waals surface area contributed by atoms with Crippen molar-refractivity contribution in [2.75, 3.05) is 0 Å². The third kappa shape index (κ3) is 4.45. The summed E-state index contributed by atoms with van der Waals surface area (Å²) in [4.78, 5) is 0. The first-order valence-electron chi connectivity index (χ1n) is 10.1. The summed E-state index contributed by atoms with van der Waals surface area (Å²) in [7, 11) is -3.04. The van der Waals surface area contributed by atoms with E-state index < -0.39 is 18.9 Å². The predicted octanol–water partition coefficient (Wildman–Crippen LogP) is 5.28. The monoisotopic (exact) mass is 382 g/mol. The summed E-state index contributed by atoms with van der Waals surface area (Å²) in [6.07, 6.45) is 7.07. The van der Waals surface area contributed by atoms with Gasteiger partial charge in [-0.1, -0.05) is 91.6 Å². The van der Waals surface area contributed by atoms with Gasteiger partial charge >= 0.3 is 0 Å². The van der Waals surface area contributed by atoms with Crippen LogP contribution in [0.2, 0.25) is 0 Å². The molecule has 0 amide bonds. The molecule has 0 bridgehead atoms. The Bertz CT molecular complexity index is 744. The van der Waals surface area contributed by atoms with Gasteiger partial charge in [-0.05, 0) is 32.6 Å². The van der Waals surface area contributed by atoms with Crippen molar-refractivity contribution in [2.24, 2.45) is 5.92 Å². The lowest BCUT2D eigenvalue weighted by Crippen LogP contribution is -2.38. The van der Waals surface area contributed by atoms with E-state index in [0.29, 0.717) is 0 Å². The zero-order valence-electron chi connectivity index (χ0n) is 16.4. The Kier molecular flexibility index (Phi) is 6.73. The maximum Gasteiger partial charge on any atom is 0.152 e. The van der Waals surface area contributed by atoms with Crippen LogP contribution >= 0.6 is 7.14 Å². The van der Waals surface area contributed by atoms with Crippen molar-refractivity contribution in [3.8, 4) is 0 Å². The molecule has 0 aromatic heterocycles. The van der Waals surface area contributed by atoms with Crippen molar-refractivity contribution in [3.05, 3.63) is 72.3 Å². The van der Waals surface area contributed by atoms with Gasteiger partial charge in [-0.15, -0.1) is 0 Å². The minimum atomic E-state index is -3.04. The van der Waals surface area contributed by atoms with Gasteiger partial charge in [0.05, 0.1) is 11.8 Å². The highest BCUT2D eigenvalue weighted by Gasteiger charge is 2.42. The highest BCUT2D eigenvalue weighted by Crippen LogP contribution is 2.52. The quantitative estimate of drug-likeness (QED) is 0.545. The van der Waals surface area contributed by atoms with Gasteiger partial charge < -0.3 is 9.67 Å². The molecule has 0 saturated heterocycles. The molecule has 2 aromatic carbocycles. The Hall–Kier alpha value is -1.63. The summed E-state index contributed by atoms with van der Waals surface area (Å²) >= 11 is 0. The van der Waals surface area contributed by atoms with E-state index in [-0.39, 0.29) is 5.92 Å². The summed E-state index contributed by atoms with van der Waals surface area (Å²) in [5, 5.41) is 13.1. The van der Waals surface area contributed by atoms with E-state index in [0.717, 1.165) is 41.9 Å². The van der Waals surface area contributed by atoms with Gasteiger partial charge in [0.1, 0.15) is 0 Å². The van der Waals surface area contributed by atoms with Crippen LogP contribution in [0.3, 0.4) is 0 Å². The summed E-state index contributed by atoms with van der Waals surface area (Å²) in [6, 6.07) is 19.5. The second-order valence-electron chi connectivity index (χ2n) is 7.95. The lowest BCUT2D eigenvalue weighted by molar-refractivity contribution is 0.0894. The second-order valence-corrected chi connectivity index (χ2v) is 10.9. The van der Waals surface area contributed by atoms with Crippen LogP contribution < -0.4 is 10.6 Å². The van der Waals surface area contributed by atoms with Crippen LogP contribution in [0.25, 0.3) is 0 Å². The van der Waals surface area contributed by atoms with Gasteiger partial charge in [-0.25, -0.2) is 0 Å². The number of benzene rings is 2. The molecule has 1 N–H and O–H groups in total. The third-order valence-corrected chi connectivity index (χ3v) is 9.11. The van der Waals surface area contributed by atoms with E-state index >= 15 is 0 Å². The standard InChI is InChI=1S/C24H31O2P/c1-19(2)18-23(24(25)20-12-6-3-7-13-20)27(26,21-14-8-4-9-15-21)22-16-10-5-11-17-22/h4-5,8-11,14-18,20,23-25H,3,6-7,12-13H2,1-2H3/t23-,24-/m0/s1. The Morgan fingerprint density at radius 3 is 1.85 bits per heavy atom. The largest absolute Gasteiger partial charge is 0.392 e. The van der Waals surface area contributed by atoms with Gasteiger partial charge in [0.2, 0.25) is 0 Å². The van der Waals surface area contributed by atoms with E-state index in [4.69, 9.17) is 0 Å². The SMILES string of the molecule is CC(C)=C[C@@H]([C@@H](O)C1CCCCC1)P(=O)(c1ccccc1)c1ccccc1. The minimum Gasteiger partial charge on any atom is -0.392 e. The fraction of sp³-hybridized carbons (Fsp3) is 0.417. The van der Waals surface area contributed by atoms with Crippen LogP contribution in [0.15, 0.2) is 72.3 Å². The Morgan fingerprint density at radius 1 is 0.926 bits per heavy atom. The normalized spacial score (nSPS) is 17.9. The van der Waals surface area contributed by atoms with Crippen molar-refractivity contribution in [3.63, 3.8) is 0 Å². The third-order valence-electron chi connectivity index (χ3n) is 5.69. The number of hydrogen-bond donors (Lipinski definition) is 1. The molecule has 0 aliphatic heterocycles. The molecule has 2 aromatic rings. The van der Waals surface area contributed by atoms with Crippen LogP contribution in [0, 0.1) is 5.92 Å². The van der Waals surface area contributed by atoms with Crippen molar-refractivity contribution in [1.29, 1.82) is 0 Å². The fourth-order valence-corrected chi connectivity index (χ4v) is 7.71. The topological polar surface area (TPSA) is 37.3 Å². The van der Waals surface area contributed by atoms with Crippen molar-refractivity contribution >= 4 is 17.8 Å². The number of aliphatic hydroxyl groups is 1. The van der Waals surface area contributed by atoms with E-state index in [9.17, 15) is 9.67 Å². The molecular formula is C24H31O2P. The summed E-state index contributed by atoms with van der Waals surface area (Å²) < 4.78 is 14.7. The van der Waals surface area contributed by atoms with E-state index in [2.05, 4.69) is 6.08 Å². The fourth-order valence-electron chi connectivity index (χ4n) is 4.31. The molecule has 1 aliphatic carbocycles. The van der Waals surface area contributed by atoms with Gasteiger partial charge in [0, 0.05) is 10.6 Å². The molecule has 1 aliphatic rings. The average molecular weight is 382 g/mol. The summed E-state index contributed by atoms with van der Waals surface area (Å²) in [5.41, 5.74) is 0.706. The van der Waals surface area contributed by atoms with E-state index in [1.165, 1.54) is 6.42 Å². The molecule has 3 heteroatoms. The van der Waals surface area contributed by atoms with Crippen LogP contribution in [-0.2, 0) is 4.57 Å². The zero-order chi connectivity index (χ0) is 19.3. The first-order chi connectivity index (χ1) is 13.0. The molecular weight excluding hydrogens is 351 g/mol. The van der Waals surface area contributed by atoms with Crippen LogP contribution in [0.4, 0.5) is 0 Å². The number of hydrogen-bond acceptors (Lipinski definition) is 2. The first kappa shape index (κ1) is 20.1. The van der Waals surface area contributed by atoms with E-state index in [1.54, 1.807) is 0 Å². The van der Waals surface area contributed by atoms with Crippen molar-refractivity contribution in [1.82, 2.24) is 0 Å². The van der Waals surface area contributed by atoms with Gasteiger partial charge in [0.25, 0.3) is 0 Å². The molecule has 0 unspecified atom stereocenters. The lowest BCUT2D eigenvalue weighted by Gasteiger charge is -2.36. The van der Waals surface area contributed by atoms with Gasteiger partial charge in [0.15, 0.2) is 7.14 Å². The summed E-state index contributed by atoms with van der Waals surface area (Å²) in [5.74, 6) is 0.222. The second kappa shape index (κ2) is 9.04. The molecule has 1 saturated carbocycles. The minimum absolute atomic E-state index is 0.222. The van der Waals surface area contributed by atoms with Crippen molar-refractivity contribution in [2.45, 2.75) is 57.7 Å². The highest BCUT2D eigenvalue weighted by atomic mass is 31.2. The van der Waals surface area contributed by atoms with Gasteiger partial charge in [-0.3, -0.25) is 0 Å². The average Bonchev–Trinajstić information content (AvgIpc) is 2.73. The number of rotatable bonds is 6. The molecule has 0 radical (unpaired) electrons. The maximum absolute atomic E-state index is 14.7. The molecule has 2 nitrogen and oxygen atoms in total. The predicted molar refractivity (Wildman–Crippen MR) is 116 cm³/mol. The molecule has 0 spiro atoms. The number of aliphatic hydroxyl groups excluding tert-OH is 1. The maximum atomic E-state index is 14.7. The zero-order valence-corrected chi connectivity index (χ0v) is 17.3. The van der Waals surface area contributed by atoms with Crippen LogP contribution in [0.5, 0.6) is 0 Å². The number of allylic oxidation sites excluding steroid dienone is 1. The Morgan fingerprint density at radius 2 is 1.41 bits per heavy atom.